The second kappa shape index (κ2) is 5.15. The van der Waals surface area contributed by atoms with Crippen molar-refractivity contribution in [1.82, 2.24) is 0 Å². The summed E-state index contributed by atoms with van der Waals surface area (Å²) < 4.78 is 5.48. The SMILES string of the molecule is OC(CCC1CCCC1)c1coc2ccccc12. The molecular formula is C16H20O2. The second-order valence-corrected chi connectivity index (χ2v) is 5.43. The van der Waals surface area contributed by atoms with Gasteiger partial charge in [-0.05, 0) is 24.8 Å². The van der Waals surface area contributed by atoms with Crippen molar-refractivity contribution in [3.8, 4) is 0 Å². The second-order valence-electron chi connectivity index (χ2n) is 5.43. The fourth-order valence-corrected chi connectivity index (χ4v) is 3.10. The van der Waals surface area contributed by atoms with Crippen LogP contribution in [0.5, 0.6) is 0 Å². The van der Waals surface area contributed by atoms with E-state index in [1.807, 2.05) is 24.3 Å². The van der Waals surface area contributed by atoms with Gasteiger partial charge in [0.25, 0.3) is 0 Å². The number of hydrogen-bond donors (Lipinski definition) is 1. The van der Waals surface area contributed by atoms with E-state index in [4.69, 9.17) is 4.42 Å². The minimum absolute atomic E-state index is 0.380. The molecule has 0 amide bonds. The Kier molecular flexibility index (Phi) is 3.37. The van der Waals surface area contributed by atoms with Gasteiger partial charge < -0.3 is 9.52 Å². The first-order valence-corrected chi connectivity index (χ1v) is 6.99. The van der Waals surface area contributed by atoms with E-state index in [2.05, 4.69) is 0 Å². The highest BCUT2D eigenvalue weighted by Crippen LogP contribution is 2.33. The maximum absolute atomic E-state index is 10.3. The molecule has 1 atom stereocenters. The largest absolute Gasteiger partial charge is 0.464 e. The smallest absolute Gasteiger partial charge is 0.134 e. The van der Waals surface area contributed by atoms with Crippen LogP contribution in [0.1, 0.15) is 50.2 Å². The van der Waals surface area contributed by atoms with Crippen molar-refractivity contribution in [1.29, 1.82) is 0 Å². The zero-order chi connectivity index (χ0) is 12.4. The summed E-state index contributed by atoms with van der Waals surface area (Å²) >= 11 is 0. The Balaban J connectivity index is 1.69. The van der Waals surface area contributed by atoms with E-state index in [1.165, 1.54) is 25.7 Å². The molecule has 2 nitrogen and oxygen atoms in total. The first kappa shape index (κ1) is 11.8. The number of benzene rings is 1. The number of aliphatic hydroxyl groups is 1. The van der Waals surface area contributed by atoms with Crippen molar-refractivity contribution >= 4 is 11.0 Å². The van der Waals surface area contributed by atoms with Crippen LogP contribution in [0.2, 0.25) is 0 Å². The fourth-order valence-electron chi connectivity index (χ4n) is 3.10. The average Bonchev–Trinajstić information content (AvgIpc) is 3.05. The number of fused-ring (bicyclic) bond motifs is 1. The summed E-state index contributed by atoms with van der Waals surface area (Å²) in [6.45, 7) is 0. The summed E-state index contributed by atoms with van der Waals surface area (Å²) in [4.78, 5) is 0. The molecule has 0 saturated heterocycles. The maximum atomic E-state index is 10.3. The zero-order valence-corrected chi connectivity index (χ0v) is 10.6. The third-order valence-corrected chi connectivity index (χ3v) is 4.19. The van der Waals surface area contributed by atoms with Crippen molar-refractivity contribution in [2.45, 2.75) is 44.6 Å². The lowest BCUT2D eigenvalue weighted by atomic mass is 9.96. The van der Waals surface area contributed by atoms with Crippen molar-refractivity contribution in [2.24, 2.45) is 5.92 Å². The minimum atomic E-state index is -0.380. The number of hydrogen-bond acceptors (Lipinski definition) is 2. The number of aliphatic hydroxyl groups excluding tert-OH is 1. The number of para-hydroxylation sites is 1. The Morgan fingerprint density at radius 2 is 2.00 bits per heavy atom. The van der Waals surface area contributed by atoms with Gasteiger partial charge in [-0.25, -0.2) is 0 Å². The van der Waals surface area contributed by atoms with Crippen LogP contribution in [0.3, 0.4) is 0 Å². The number of furan rings is 1. The molecule has 1 aromatic carbocycles. The maximum Gasteiger partial charge on any atom is 0.134 e. The molecule has 1 unspecified atom stereocenters. The van der Waals surface area contributed by atoms with Crippen LogP contribution >= 0.6 is 0 Å². The molecule has 96 valence electrons. The summed E-state index contributed by atoms with van der Waals surface area (Å²) in [5, 5.41) is 11.4. The molecule has 0 bridgehead atoms. The predicted molar refractivity (Wildman–Crippen MR) is 72.4 cm³/mol. The van der Waals surface area contributed by atoms with Crippen molar-refractivity contribution in [3.63, 3.8) is 0 Å². The van der Waals surface area contributed by atoms with Gasteiger partial charge >= 0.3 is 0 Å². The van der Waals surface area contributed by atoms with E-state index in [1.54, 1.807) is 6.26 Å². The van der Waals surface area contributed by atoms with Gasteiger partial charge in [-0.1, -0.05) is 43.9 Å². The standard InChI is InChI=1S/C16H20O2/c17-15(10-9-12-5-1-2-6-12)14-11-18-16-8-4-3-7-13(14)16/h3-4,7-8,11-12,15,17H,1-2,5-6,9-10H2. The Morgan fingerprint density at radius 1 is 1.22 bits per heavy atom. The lowest BCUT2D eigenvalue weighted by molar-refractivity contribution is 0.157. The van der Waals surface area contributed by atoms with Crippen LogP contribution in [-0.2, 0) is 0 Å². The first-order valence-electron chi connectivity index (χ1n) is 6.99. The summed E-state index contributed by atoms with van der Waals surface area (Å²) in [6, 6.07) is 7.92. The lowest BCUT2D eigenvalue weighted by Crippen LogP contribution is -2.01. The van der Waals surface area contributed by atoms with Crippen molar-refractivity contribution in [3.05, 3.63) is 36.1 Å². The van der Waals surface area contributed by atoms with E-state index in [0.717, 1.165) is 35.3 Å². The van der Waals surface area contributed by atoms with E-state index in [-0.39, 0.29) is 6.10 Å². The molecule has 2 heteroatoms. The predicted octanol–water partition coefficient (Wildman–Crippen LogP) is 4.44. The quantitative estimate of drug-likeness (QED) is 0.862. The highest BCUT2D eigenvalue weighted by molar-refractivity contribution is 5.81. The summed E-state index contributed by atoms with van der Waals surface area (Å²) in [5.41, 5.74) is 1.82. The van der Waals surface area contributed by atoms with Crippen LogP contribution in [0.15, 0.2) is 34.9 Å². The van der Waals surface area contributed by atoms with Crippen LogP contribution < -0.4 is 0 Å². The molecule has 1 aliphatic carbocycles. The van der Waals surface area contributed by atoms with E-state index < -0.39 is 0 Å². The van der Waals surface area contributed by atoms with Gasteiger partial charge in [-0.3, -0.25) is 0 Å². The molecular weight excluding hydrogens is 224 g/mol. The summed E-state index contributed by atoms with van der Waals surface area (Å²) in [7, 11) is 0. The molecule has 1 saturated carbocycles. The molecule has 0 spiro atoms. The molecule has 0 radical (unpaired) electrons. The summed E-state index contributed by atoms with van der Waals surface area (Å²) in [6.07, 6.45) is 8.76. The van der Waals surface area contributed by atoms with E-state index in [0.29, 0.717) is 0 Å². The van der Waals surface area contributed by atoms with Crippen molar-refractivity contribution < 1.29 is 9.52 Å². The fraction of sp³-hybridized carbons (Fsp3) is 0.500. The molecule has 3 rings (SSSR count). The first-order chi connectivity index (χ1) is 8.84. The molecule has 1 aliphatic rings. The molecule has 18 heavy (non-hydrogen) atoms. The molecule has 1 heterocycles. The average molecular weight is 244 g/mol. The molecule has 1 N–H and O–H groups in total. The summed E-state index contributed by atoms with van der Waals surface area (Å²) in [5.74, 6) is 0.831. The minimum Gasteiger partial charge on any atom is -0.464 e. The Hall–Kier alpha value is -1.28. The molecule has 0 aliphatic heterocycles. The van der Waals surface area contributed by atoms with Gasteiger partial charge in [0, 0.05) is 10.9 Å². The van der Waals surface area contributed by atoms with Gasteiger partial charge in [0.2, 0.25) is 0 Å². The van der Waals surface area contributed by atoms with Crippen LogP contribution in [0.25, 0.3) is 11.0 Å². The van der Waals surface area contributed by atoms with E-state index >= 15 is 0 Å². The Morgan fingerprint density at radius 3 is 2.83 bits per heavy atom. The monoisotopic (exact) mass is 244 g/mol. The topological polar surface area (TPSA) is 33.4 Å². The van der Waals surface area contributed by atoms with E-state index in [9.17, 15) is 5.11 Å². The molecule has 1 fully saturated rings. The van der Waals surface area contributed by atoms with Crippen LogP contribution in [-0.4, -0.2) is 5.11 Å². The third-order valence-electron chi connectivity index (χ3n) is 4.19. The molecule has 2 aromatic rings. The van der Waals surface area contributed by atoms with Gasteiger partial charge in [0.05, 0.1) is 12.4 Å². The van der Waals surface area contributed by atoms with Crippen LogP contribution in [0, 0.1) is 5.92 Å². The normalized spacial score (nSPS) is 18.5. The van der Waals surface area contributed by atoms with Crippen molar-refractivity contribution in [2.75, 3.05) is 0 Å². The van der Waals surface area contributed by atoms with Gasteiger partial charge in [-0.2, -0.15) is 0 Å². The number of rotatable bonds is 4. The van der Waals surface area contributed by atoms with Gasteiger partial charge in [-0.15, -0.1) is 0 Å². The van der Waals surface area contributed by atoms with Crippen LogP contribution in [0.4, 0.5) is 0 Å². The highest BCUT2D eigenvalue weighted by atomic mass is 16.3. The van der Waals surface area contributed by atoms with Gasteiger partial charge in [0.15, 0.2) is 0 Å². The highest BCUT2D eigenvalue weighted by Gasteiger charge is 2.19. The van der Waals surface area contributed by atoms with Gasteiger partial charge in [0.1, 0.15) is 5.58 Å². The lowest BCUT2D eigenvalue weighted by Gasteiger charge is -2.12. The Labute approximate surface area is 108 Å². The Bertz CT molecular complexity index is 509. The molecule has 1 aromatic heterocycles. The zero-order valence-electron chi connectivity index (χ0n) is 10.6. The third kappa shape index (κ3) is 2.30.